The van der Waals surface area contributed by atoms with Gasteiger partial charge < -0.3 is 15.2 Å². The molecule has 2 N–H and O–H groups in total. The van der Waals surface area contributed by atoms with Crippen molar-refractivity contribution in [3.8, 4) is 0 Å². The van der Waals surface area contributed by atoms with E-state index in [4.69, 9.17) is 4.99 Å². The molecule has 31 heavy (non-hydrogen) atoms. The molecule has 1 aliphatic heterocycles. The highest BCUT2D eigenvalue weighted by atomic mass is 127. The van der Waals surface area contributed by atoms with E-state index >= 15 is 0 Å². The van der Waals surface area contributed by atoms with Crippen LogP contribution in [0.4, 0.5) is 4.39 Å². The van der Waals surface area contributed by atoms with E-state index in [1.807, 2.05) is 30.7 Å². The first-order valence-electron chi connectivity index (χ1n) is 10.9. The van der Waals surface area contributed by atoms with Crippen LogP contribution in [0.3, 0.4) is 0 Å². The number of benzene rings is 1. The monoisotopic (exact) mass is 543 g/mol. The van der Waals surface area contributed by atoms with Crippen LogP contribution in [-0.4, -0.2) is 51.3 Å². The Balaban J connectivity index is 0.00000341. The molecule has 1 aromatic carbocycles. The van der Waals surface area contributed by atoms with Crippen LogP contribution in [0.25, 0.3) is 0 Å². The molecule has 1 saturated heterocycles. The number of aliphatic imine (C=N–C) groups is 1. The quantitative estimate of drug-likeness (QED) is 0.231. The number of hydrogen-bond acceptors (Lipinski definition) is 4. The number of hydrogen-bond donors (Lipinski definition) is 2. The SMILES string of the molecule is CCCCNC(=NCc1nnc(C)n1C)NC1CCN(Cc2ccc(F)cc2)CC1.I. The molecule has 0 atom stereocenters. The minimum atomic E-state index is -0.180. The summed E-state index contributed by atoms with van der Waals surface area (Å²) in [6.45, 7) is 8.43. The molecule has 0 amide bonds. The van der Waals surface area contributed by atoms with Crippen molar-refractivity contribution < 1.29 is 4.39 Å². The normalized spacial score (nSPS) is 15.5. The van der Waals surface area contributed by atoms with E-state index in [0.29, 0.717) is 12.6 Å². The summed E-state index contributed by atoms with van der Waals surface area (Å²) in [5, 5.41) is 15.4. The van der Waals surface area contributed by atoms with Gasteiger partial charge in [0.25, 0.3) is 0 Å². The van der Waals surface area contributed by atoms with Crippen LogP contribution < -0.4 is 10.6 Å². The first-order valence-corrected chi connectivity index (χ1v) is 10.9. The second-order valence-electron chi connectivity index (χ2n) is 7.99. The lowest BCUT2D eigenvalue weighted by Gasteiger charge is -2.33. The van der Waals surface area contributed by atoms with Crippen molar-refractivity contribution in [2.24, 2.45) is 12.0 Å². The molecule has 172 valence electrons. The zero-order valence-corrected chi connectivity index (χ0v) is 21.1. The lowest BCUT2D eigenvalue weighted by molar-refractivity contribution is 0.198. The van der Waals surface area contributed by atoms with Crippen LogP contribution in [0.15, 0.2) is 29.3 Å². The van der Waals surface area contributed by atoms with Gasteiger partial charge in [-0.1, -0.05) is 25.5 Å². The maximum atomic E-state index is 13.1. The summed E-state index contributed by atoms with van der Waals surface area (Å²) in [5.41, 5.74) is 1.16. The largest absolute Gasteiger partial charge is 0.356 e. The Morgan fingerprint density at radius 2 is 1.90 bits per heavy atom. The summed E-state index contributed by atoms with van der Waals surface area (Å²) in [7, 11) is 1.97. The fourth-order valence-corrected chi connectivity index (χ4v) is 3.55. The van der Waals surface area contributed by atoms with Gasteiger partial charge in [0.1, 0.15) is 18.2 Å². The maximum Gasteiger partial charge on any atom is 0.191 e. The van der Waals surface area contributed by atoms with Gasteiger partial charge in [-0.3, -0.25) is 4.90 Å². The highest BCUT2D eigenvalue weighted by molar-refractivity contribution is 14.0. The Bertz CT molecular complexity index is 814. The number of nitrogens with zero attached hydrogens (tertiary/aromatic N) is 5. The van der Waals surface area contributed by atoms with Crippen LogP contribution in [0.2, 0.25) is 0 Å². The summed E-state index contributed by atoms with van der Waals surface area (Å²) in [5.74, 6) is 2.42. The van der Waals surface area contributed by atoms with Crippen LogP contribution in [0.1, 0.15) is 49.8 Å². The molecule has 0 aliphatic carbocycles. The molecule has 2 heterocycles. The molecule has 0 spiro atoms. The predicted octanol–water partition coefficient (Wildman–Crippen LogP) is 3.38. The lowest BCUT2D eigenvalue weighted by Crippen LogP contribution is -2.48. The van der Waals surface area contributed by atoms with Crippen molar-refractivity contribution in [2.75, 3.05) is 19.6 Å². The van der Waals surface area contributed by atoms with Gasteiger partial charge in [0.05, 0.1) is 0 Å². The van der Waals surface area contributed by atoms with Gasteiger partial charge in [-0.15, -0.1) is 34.2 Å². The zero-order valence-electron chi connectivity index (χ0n) is 18.8. The number of halogens is 2. The summed E-state index contributed by atoms with van der Waals surface area (Å²) < 4.78 is 15.1. The average Bonchev–Trinajstić information content (AvgIpc) is 3.07. The predicted molar refractivity (Wildman–Crippen MR) is 133 cm³/mol. The molecule has 0 radical (unpaired) electrons. The molecule has 3 rings (SSSR count). The van der Waals surface area contributed by atoms with E-state index in [1.54, 1.807) is 0 Å². The molecule has 1 aromatic heterocycles. The summed E-state index contributed by atoms with van der Waals surface area (Å²) >= 11 is 0. The first-order chi connectivity index (χ1) is 14.5. The molecule has 2 aromatic rings. The van der Waals surface area contributed by atoms with Crippen molar-refractivity contribution >= 4 is 29.9 Å². The molecular formula is C22H35FIN7. The highest BCUT2D eigenvalue weighted by Gasteiger charge is 2.20. The smallest absolute Gasteiger partial charge is 0.191 e. The average molecular weight is 543 g/mol. The van der Waals surface area contributed by atoms with Gasteiger partial charge in [-0.05, 0) is 43.9 Å². The van der Waals surface area contributed by atoms with Crippen molar-refractivity contribution in [1.29, 1.82) is 0 Å². The van der Waals surface area contributed by atoms with E-state index < -0.39 is 0 Å². The fraction of sp³-hybridized carbons (Fsp3) is 0.591. The Morgan fingerprint density at radius 3 is 2.52 bits per heavy atom. The van der Waals surface area contributed by atoms with Gasteiger partial charge in [0.2, 0.25) is 0 Å². The number of likely N-dealkylation sites (tertiary alicyclic amines) is 1. The zero-order chi connectivity index (χ0) is 21.3. The third-order valence-corrected chi connectivity index (χ3v) is 5.63. The third kappa shape index (κ3) is 8.03. The van der Waals surface area contributed by atoms with E-state index in [1.165, 1.54) is 12.1 Å². The topological polar surface area (TPSA) is 70.4 Å². The number of nitrogens with one attached hydrogen (secondary N) is 2. The van der Waals surface area contributed by atoms with Gasteiger partial charge in [-0.25, -0.2) is 9.38 Å². The van der Waals surface area contributed by atoms with Gasteiger partial charge >= 0.3 is 0 Å². The first kappa shape index (κ1) is 25.5. The molecular weight excluding hydrogens is 508 g/mol. The number of aryl methyl sites for hydroxylation is 1. The van der Waals surface area contributed by atoms with Gasteiger partial charge in [0, 0.05) is 39.3 Å². The number of unbranched alkanes of at least 4 members (excludes halogenated alkanes) is 1. The molecule has 0 saturated carbocycles. The Labute approximate surface area is 201 Å². The number of rotatable bonds is 8. The maximum absolute atomic E-state index is 13.1. The summed E-state index contributed by atoms with van der Waals surface area (Å²) in [4.78, 5) is 7.18. The standard InChI is InChI=1S/C22H34FN7.HI/c1-4-5-12-24-22(25-15-21-28-27-17(2)29(21)3)26-20-10-13-30(14-11-20)16-18-6-8-19(23)9-7-18;/h6-9,20H,4-5,10-16H2,1-3H3,(H2,24,25,26);1H. The fourth-order valence-electron chi connectivity index (χ4n) is 3.55. The number of piperidine rings is 1. The Kier molecular flexibility index (Phi) is 10.7. The second kappa shape index (κ2) is 12.9. The van der Waals surface area contributed by atoms with Crippen LogP contribution in [-0.2, 0) is 20.1 Å². The van der Waals surface area contributed by atoms with Crippen molar-refractivity contribution in [3.63, 3.8) is 0 Å². The Morgan fingerprint density at radius 1 is 1.19 bits per heavy atom. The highest BCUT2D eigenvalue weighted by Crippen LogP contribution is 2.14. The Hall–Kier alpha value is -1.75. The number of guanidine groups is 1. The van der Waals surface area contributed by atoms with E-state index in [0.717, 1.165) is 75.0 Å². The van der Waals surface area contributed by atoms with Crippen molar-refractivity contribution in [2.45, 2.75) is 58.7 Å². The molecule has 0 bridgehead atoms. The van der Waals surface area contributed by atoms with Crippen LogP contribution >= 0.6 is 24.0 Å². The third-order valence-electron chi connectivity index (χ3n) is 5.63. The van der Waals surface area contributed by atoms with Crippen molar-refractivity contribution in [1.82, 2.24) is 30.3 Å². The van der Waals surface area contributed by atoms with Crippen LogP contribution in [0, 0.1) is 12.7 Å². The molecule has 0 unspecified atom stereocenters. The molecule has 7 nitrogen and oxygen atoms in total. The molecule has 1 fully saturated rings. The molecule has 1 aliphatic rings. The lowest BCUT2D eigenvalue weighted by atomic mass is 10.0. The van der Waals surface area contributed by atoms with Crippen molar-refractivity contribution in [3.05, 3.63) is 47.3 Å². The minimum absolute atomic E-state index is 0. The van der Waals surface area contributed by atoms with E-state index in [2.05, 4.69) is 32.7 Å². The summed E-state index contributed by atoms with van der Waals surface area (Å²) in [6.07, 6.45) is 4.36. The summed E-state index contributed by atoms with van der Waals surface area (Å²) in [6, 6.07) is 7.20. The van der Waals surface area contributed by atoms with Crippen LogP contribution in [0.5, 0.6) is 0 Å². The van der Waals surface area contributed by atoms with Gasteiger partial charge in [-0.2, -0.15) is 0 Å². The molecule has 9 heteroatoms. The second-order valence-corrected chi connectivity index (χ2v) is 7.99. The minimum Gasteiger partial charge on any atom is -0.356 e. The van der Waals surface area contributed by atoms with Gasteiger partial charge in [0.15, 0.2) is 11.8 Å². The van der Waals surface area contributed by atoms with E-state index in [-0.39, 0.29) is 29.8 Å². The van der Waals surface area contributed by atoms with E-state index in [9.17, 15) is 4.39 Å². The number of aromatic nitrogens is 3.